The van der Waals surface area contributed by atoms with Gasteiger partial charge in [-0.2, -0.15) is 10.1 Å². The Kier molecular flexibility index (Phi) is 6.80. The van der Waals surface area contributed by atoms with E-state index < -0.39 is 11.3 Å². The molecule has 3 heterocycles. The lowest BCUT2D eigenvalue weighted by Crippen LogP contribution is -2.43. The minimum Gasteiger partial charge on any atom is -0.386 e. The number of rotatable bonds is 7. The van der Waals surface area contributed by atoms with Crippen molar-refractivity contribution in [3.05, 3.63) is 54.2 Å². The summed E-state index contributed by atoms with van der Waals surface area (Å²) >= 11 is 0. The first kappa shape index (κ1) is 23.5. The van der Waals surface area contributed by atoms with Crippen LogP contribution in [0.15, 0.2) is 48.1 Å². The Morgan fingerprint density at radius 3 is 2.42 bits per heavy atom. The van der Waals surface area contributed by atoms with Crippen molar-refractivity contribution in [3.8, 4) is 11.3 Å². The Morgan fingerprint density at radius 2 is 1.85 bits per heavy atom. The number of nitrogens with one attached hydrogen (secondary N) is 1. The quantitative estimate of drug-likeness (QED) is 0.357. The van der Waals surface area contributed by atoms with E-state index in [4.69, 9.17) is 11.5 Å². The summed E-state index contributed by atoms with van der Waals surface area (Å²) in [5, 5.41) is 6.53. The summed E-state index contributed by atoms with van der Waals surface area (Å²) in [6.45, 7) is 5.91. The Labute approximate surface area is 191 Å². The largest absolute Gasteiger partial charge is 0.386 e. The van der Waals surface area contributed by atoms with Gasteiger partial charge in [-0.1, -0.05) is 19.9 Å². The molecule has 0 aliphatic rings. The lowest BCUT2D eigenvalue weighted by atomic mass is 9.73. The number of amides is 2. The van der Waals surface area contributed by atoms with Crippen LogP contribution in [-0.4, -0.2) is 49.4 Å². The number of likely N-dealkylation sites (N-methyl/N-ethyl adjacent to an activating group) is 1. The summed E-state index contributed by atoms with van der Waals surface area (Å²) < 4.78 is 1.36. The summed E-state index contributed by atoms with van der Waals surface area (Å²) in [4.78, 5) is 40.9. The van der Waals surface area contributed by atoms with Gasteiger partial charge in [0, 0.05) is 37.4 Å². The lowest BCUT2D eigenvalue weighted by Gasteiger charge is -2.33. The van der Waals surface area contributed by atoms with Gasteiger partial charge >= 0.3 is 0 Å². The van der Waals surface area contributed by atoms with E-state index in [1.165, 1.54) is 24.1 Å². The minimum absolute atomic E-state index is 0.00372. The molecule has 3 aromatic heterocycles. The number of nitrogen functional groups attached to an aromatic ring is 1. The van der Waals surface area contributed by atoms with E-state index in [-0.39, 0.29) is 35.7 Å². The maximum Gasteiger partial charge on any atom is 0.281 e. The maximum absolute atomic E-state index is 12.7. The molecule has 0 radical (unpaired) electrons. The molecule has 3 rings (SSSR count). The molecule has 0 aromatic carbocycles. The molecule has 0 saturated carbocycles. The Morgan fingerprint density at radius 1 is 1.15 bits per heavy atom. The van der Waals surface area contributed by atoms with Crippen molar-refractivity contribution in [2.45, 2.75) is 32.7 Å². The van der Waals surface area contributed by atoms with Crippen LogP contribution >= 0.6 is 0 Å². The number of carbonyl (C=O) groups is 2. The van der Waals surface area contributed by atoms with E-state index in [9.17, 15) is 9.59 Å². The molecule has 5 N–H and O–H groups in total. The molecular weight excluding hydrogens is 422 g/mol. The van der Waals surface area contributed by atoms with Crippen LogP contribution in [0.3, 0.4) is 0 Å². The first-order valence-corrected chi connectivity index (χ1v) is 10.3. The second-order valence-electron chi connectivity index (χ2n) is 8.02. The van der Waals surface area contributed by atoms with Crippen LogP contribution in [0, 0.1) is 5.92 Å². The third-order valence-corrected chi connectivity index (χ3v) is 5.70. The smallest absolute Gasteiger partial charge is 0.281 e. The third-order valence-electron chi connectivity index (χ3n) is 5.70. The third kappa shape index (κ3) is 5.03. The van der Waals surface area contributed by atoms with E-state index in [0.29, 0.717) is 5.69 Å². The number of nitrogens with zero attached hydrogens (tertiary/aromatic N) is 6. The number of nitrogens with two attached hydrogens (primary N) is 2. The molecule has 11 heteroatoms. The van der Waals surface area contributed by atoms with E-state index in [1.807, 2.05) is 32.9 Å². The van der Waals surface area contributed by atoms with Crippen molar-refractivity contribution in [1.82, 2.24) is 30.0 Å². The SMILES string of the molecule is CNC(=O)Cn1cc(C(=O)N=C(N)C(C)(c2ccc(-c3cnc(N)nc3)nc2)C(C)C)cn1. The zero-order valence-electron chi connectivity index (χ0n) is 19.0. The molecule has 1 atom stereocenters. The van der Waals surface area contributed by atoms with E-state index >= 15 is 0 Å². The predicted octanol–water partition coefficient (Wildman–Crippen LogP) is 1.17. The van der Waals surface area contributed by atoms with Crippen molar-refractivity contribution in [2.24, 2.45) is 16.6 Å². The highest BCUT2D eigenvalue weighted by Crippen LogP contribution is 2.33. The molecule has 0 aliphatic carbocycles. The Bertz CT molecular complexity index is 1170. The van der Waals surface area contributed by atoms with Gasteiger partial charge in [0.1, 0.15) is 12.4 Å². The zero-order chi connectivity index (χ0) is 24.2. The first-order valence-electron chi connectivity index (χ1n) is 10.3. The molecular formula is C22H27N9O2. The predicted molar refractivity (Wildman–Crippen MR) is 124 cm³/mol. The monoisotopic (exact) mass is 449 g/mol. The molecule has 3 aromatic rings. The van der Waals surface area contributed by atoms with Crippen molar-refractivity contribution in [3.63, 3.8) is 0 Å². The molecule has 172 valence electrons. The second kappa shape index (κ2) is 9.55. The number of pyridine rings is 1. The van der Waals surface area contributed by atoms with Crippen molar-refractivity contribution < 1.29 is 9.59 Å². The molecule has 2 amide bonds. The van der Waals surface area contributed by atoms with Crippen LogP contribution < -0.4 is 16.8 Å². The van der Waals surface area contributed by atoms with E-state index in [0.717, 1.165) is 11.1 Å². The fourth-order valence-electron chi connectivity index (χ4n) is 3.20. The van der Waals surface area contributed by atoms with Crippen LogP contribution in [0.25, 0.3) is 11.3 Å². The normalized spacial score (nSPS) is 13.5. The van der Waals surface area contributed by atoms with Gasteiger partial charge in [-0.15, -0.1) is 0 Å². The van der Waals surface area contributed by atoms with Crippen molar-refractivity contribution in [1.29, 1.82) is 0 Å². The van der Waals surface area contributed by atoms with E-state index in [1.54, 1.807) is 18.6 Å². The molecule has 0 fully saturated rings. The number of aliphatic imine (C=N–C) groups is 1. The summed E-state index contributed by atoms with van der Waals surface area (Å²) in [5.74, 6) is -0.403. The molecule has 0 spiro atoms. The number of amidine groups is 1. The van der Waals surface area contributed by atoms with Crippen molar-refractivity contribution >= 4 is 23.6 Å². The van der Waals surface area contributed by atoms with Gasteiger partial charge < -0.3 is 16.8 Å². The average Bonchev–Trinajstić information content (AvgIpc) is 3.27. The number of anilines is 1. The average molecular weight is 450 g/mol. The molecule has 0 bridgehead atoms. The van der Waals surface area contributed by atoms with Crippen LogP contribution in [0.2, 0.25) is 0 Å². The first-order chi connectivity index (χ1) is 15.6. The summed E-state index contributed by atoms with van der Waals surface area (Å²) in [6, 6.07) is 3.73. The summed E-state index contributed by atoms with van der Waals surface area (Å²) in [6.07, 6.45) is 7.74. The fraction of sp³-hybridized carbons (Fsp3) is 0.318. The van der Waals surface area contributed by atoms with Gasteiger partial charge in [0.05, 0.1) is 22.9 Å². The highest BCUT2D eigenvalue weighted by Gasteiger charge is 2.36. The Balaban J connectivity index is 1.87. The van der Waals surface area contributed by atoms with Gasteiger partial charge in [-0.25, -0.2) is 9.97 Å². The van der Waals surface area contributed by atoms with Crippen LogP contribution in [0.4, 0.5) is 5.95 Å². The topological polar surface area (TPSA) is 167 Å². The highest BCUT2D eigenvalue weighted by molar-refractivity contribution is 6.05. The van der Waals surface area contributed by atoms with Crippen LogP contribution in [0.1, 0.15) is 36.7 Å². The number of hydrogen-bond acceptors (Lipinski definition) is 7. The molecule has 1 unspecified atom stereocenters. The highest BCUT2D eigenvalue weighted by atomic mass is 16.2. The van der Waals surface area contributed by atoms with Crippen LogP contribution in [0.5, 0.6) is 0 Å². The fourth-order valence-corrected chi connectivity index (χ4v) is 3.20. The van der Waals surface area contributed by atoms with Crippen LogP contribution in [-0.2, 0) is 16.8 Å². The van der Waals surface area contributed by atoms with Gasteiger partial charge in [0.25, 0.3) is 5.91 Å². The van der Waals surface area contributed by atoms with Gasteiger partial charge in [-0.3, -0.25) is 19.3 Å². The van der Waals surface area contributed by atoms with E-state index in [2.05, 4.69) is 30.4 Å². The molecule has 0 aliphatic heterocycles. The maximum atomic E-state index is 12.7. The summed E-state index contributed by atoms with van der Waals surface area (Å²) in [5.41, 5.74) is 13.6. The number of aromatic nitrogens is 5. The Hall–Kier alpha value is -4.15. The second-order valence-corrected chi connectivity index (χ2v) is 8.02. The molecule has 33 heavy (non-hydrogen) atoms. The van der Waals surface area contributed by atoms with Gasteiger partial charge in [0.15, 0.2) is 0 Å². The zero-order valence-corrected chi connectivity index (χ0v) is 19.0. The number of hydrogen-bond donors (Lipinski definition) is 3. The molecule has 0 saturated heterocycles. The minimum atomic E-state index is -0.753. The summed E-state index contributed by atoms with van der Waals surface area (Å²) in [7, 11) is 1.53. The van der Waals surface area contributed by atoms with Crippen molar-refractivity contribution in [2.75, 3.05) is 12.8 Å². The molecule has 11 nitrogen and oxygen atoms in total. The lowest BCUT2D eigenvalue weighted by molar-refractivity contribution is -0.121. The number of carbonyl (C=O) groups excluding carboxylic acids is 2. The van der Waals surface area contributed by atoms with Gasteiger partial charge in [0.2, 0.25) is 11.9 Å². The standard InChI is InChI=1S/C22H27N9O2/c1-13(2)22(3,16-5-6-17(26-10-16)14-7-27-21(24)28-8-14)20(23)30-19(33)15-9-29-31(11-15)12-18(32)25-4/h5-11,13H,12H2,1-4H3,(H,25,32)(H2,23,30,33)(H2,24,27,28). The van der Waals surface area contributed by atoms with Gasteiger partial charge in [-0.05, 0) is 24.5 Å².